The summed E-state index contributed by atoms with van der Waals surface area (Å²) in [6.45, 7) is 0.545. The number of nitrogens with one attached hydrogen (secondary N) is 2. The first-order chi connectivity index (χ1) is 13.7. The van der Waals surface area contributed by atoms with E-state index in [4.69, 9.17) is 5.26 Å². The van der Waals surface area contributed by atoms with Crippen molar-refractivity contribution in [2.75, 3.05) is 11.9 Å². The highest BCUT2D eigenvalue weighted by Crippen LogP contribution is 2.12. The summed E-state index contributed by atoms with van der Waals surface area (Å²) in [4.78, 5) is 24.5. The Hall–Kier alpha value is -3.91. The quantitative estimate of drug-likeness (QED) is 0.694. The van der Waals surface area contributed by atoms with Crippen molar-refractivity contribution in [1.29, 1.82) is 5.26 Å². The minimum atomic E-state index is -0.277. The third kappa shape index (κ3) is 5.05. The normalized spacial score (nSPS) is 9.96. The second-order valence-electron chi connectivity index (χ2n) is 6.21. The average molecular weight is 369 g/mol. The Kier molecular flexibility index (Phi) is 6.17. The molecule has 3 aromatic carbocycles. The van der Waals surface area contributed by atoms with E-state index in [9.17, 15) is 9.59 Å². The summed E-state index contributed by atoms with van der Waals surface area (Å²) in [5.41, 5.74) is 3.25. The summed E-state index contributed by atoms with van der Waals surface area (Å²) >= 11 is 0. The minimum absolute atomic E-state index is 0.171. The maximum Gasteiger partial charge on any atom is 0.255 e. The van der Waals surface area contributed by atoms with E-state index in [-0.39, 0.29) is 11.8 Å². The Balaban J connectivity index is 1.53. The van der Waals surface area contributed by atoms with Gasteiger partial charge in [-0.2, -0.15) is 5.26 Å². The molecule has 0 saturated carbocycles. The van der Waals surface area contributed by atoms with Crippen LogP contribution in [0.1, 0.15) is 31.8 Å². The fourth-order valence-electron chi connectivity index (χ4n) is 2.67. The molecule has 3 rings (SSSR count). The lowest BCUT2D eigenvalue weighted by atomic mass is 10.1. The van der Waals surface area contributed by atoms with Gasteiger partial charge in [0.15, 0.2) is 0 Å². The molecule has 0 saturated heterocycles. The smallest absolute Gasteiger partial charge is 0.255 e. The van der Waals surface area contributed by atoms with E-state index in [1.807, 2.05) is 36.4 Å². The summed E-state index contributed by atoms with van der Waals surface area (Å²) in [6.07, 6.45) is 0.762. The van der Waals surface area contributed by atoms with Crippen molar-refractivity contribution in [2.45, 2.75) is 6.42 Å². The van der Waals surface area contributed by atoms with Crippen LogP contribution < -0.4 is 10.6 Å². The molecule has 2 N–H and O–H groups in total. The molecular weight excluding hydrogens is 350 g/mol. The number of rotatable bonds is 6. The van der Waals surface area contributed by atoms with Gasteiger partial charge in [-0.3, -0.25) is 9.59 Å². The van der Waals surface area contributed by atoms with E-state index in [1.54, 1.807) is 48.5 Å². The molecule has 28 heavy (non-hydrogen) atoms. The molecule has 0 aliphatic rings. The van der Waals surface area contributed by atoms with Gasteiger partial charge >= 0.3 is 0 Å². The second kappa shape index (κ2) is 9.15. The number of carbonyl (C=O) groups is 2. The van der Waals surface area contributed by atoms with Crippen LogP contribution in [0.3, 0.4) is 0 Å². The van der Waals surface area contributed by atoms with Crippen molar-refractivity contribution in [1.82, 2.24) is 5.32 Å². The number of hydrogen-bond acceptors (Lipinski definition) is 3. The van der Waals surface area contributed by atoms with Gasteiger partial charge in [-0.15, -0.1) is 0 Å². The Labute approximate surface area is 163 Å². The van der Waals surface area contributed by atoms with Crippen LogP contribution in [0.15, 0.2) is 78.9 Å². The molecule has 0 spiro atoms. The maximum atomic E-state index is 12.3. The molecule has 0 atom stereocenters. The Morgan fingerprint density at radius 2 is 1.39 bits per heavy atom. The number of nitrogens with zero attached hydrogens (tertiary/aromatic N) is 1. The number of nitriles is 1. The number of anilines is 1. The zero-order valence-corrected chi connectivity index (χ0v) is 15.2. The van der Waals surface area contributed by atoms with Crippen LogP contribution >= 0.6 is 0 Å². The molecule has 5 heteroatoms. The lowest BCUT2D eigenvalue weighted by Crippen LogP contribution is -2.25. The van der Waals surface area contributed by atoms with E-state index in [2.05, 4.69) is 10.6 Å². The van der Waals surface area contributed by atoms with Crippen molar-refractivity contribution >= 4 is 17.5 Å². The Bertz CT molecular complexity index is 989. The highest BCUT2D eigenvalue weighted by molar-refractivity contribution is 6.05. The topological polar surface area (TPSA) is 82.0 Å². The molecule has 0 unspecified atom stereocenters. The van der Waals surface area contributed by atoms with Crippen molar-refractivity contribution in [3.63, 3.8) is 0 Å². The van der Waals surface area contributed by atoms with E-state index in [0.717, 1.165) is 12.0 Å². The molecule has 2 amide bonds. The molecule has 0 aliphatic heterocycles. The molecule has 0 aromatic heterocycles. The maximum absolute atomic E-state index is 12.3. The van der Waals surface area contributed by atoms with E-state index >= 15 is 0 Å². The number of amides is 2. The molecular formula is C23H19N3O2. The summed E-state index contributed by atoms with van der Waals surface area (Å²) in [7, 11) is 0. The summed E-state index contributed by atoms with van der Waals surface area (Å²) in [5.74, 6) is -0.448. The minimum Gasteiger partial charge on any atom is -0.352 e. The van der Waals surface area contributed by atoms with Crippen molar-refractivity contribution in [2.24, 2.45) is 0 Å². The second-order valence-corrected chi connectivity index (χ2v) is 6.21. The molecule has 0 radical (unpaired) electrons. The first-order valence-electron chi connectivity index (χ1n) is 8.89. The zero-order chi connectivity index (χ0) is 19.8. The van der Waals surface area contributed by atoms with Crippen molar-refractivity contribution < 1.29 is 9.59 Å². The monoisotopic (exact) mass is 369 g/mol. The Morgan fingerprint density at radius 3 is 2.00 bits per heavy atom. The third-order valence-electron chi connectivity index (χ3n) is 4.22. The molecule has 0 heterocycles. The first kappa shape index (κ1) is 18.9. The predicted octanol–water partition coefficient (Wildman–Crippen LogP) is 3.78. The largest absolute Gasteiger partial charge is 0.352 e. The van der Waals surface area contributed by atoms with Crippen LogP contribution in [-0.4, -0.2) is 18.4 Å². The predicted molar refractivity (Wildman–Crippen MR) is 108 cm³/mol. The van der Waals surface area contributed by atoms with Crippen molar-refractivity contribution in [3.8, 4) is 6.07 Å². The fraction of sp³-hybridized carbons (Fsp3) is 0.0870. The van der Waals surface area contributed by atoms with E-state index in [1.165, 1.54) is 0 Å². The van der Waals surface area contributed by atoms with Crippen molar-refractivity contribution in [3.05, 3.63) is 101 Å². The fourth-order valence-corrected chi connectivity index (χ4v) is 2.67. The van der Waals surface area contributed by atoms with Gasteiger partial charge in [-0.1, -0.05) is 30.3 Å². The van der Waals surface area contributed by atoms with Crippen LogP contribution in [0, 0.1) is 11.3 Å². The first-order valence-corrected chi connectivity index (χ1v) is 8.89. The van der Waals surface area contributed by atoms with Crippen LogP contribution in [0.5, 0.6) is 0 Å². The molecule has 3 aromatic rings. The summed E-state index contributed by atoms with van der Waals surface area (Å²) in [6, 6.07) is 25.1. The van der Waals surface area contributed by atoms with Gasteiger partial charge in [-0.05, 0) is 60.5 Å². The molecule has 0 bridgehead atoms. The SMILES string of the molecule is N#Cc1ccc(NC(=O)c2ccc(C(=O)NCCc3ccccc3)cc2)cc1. The molecule has 0 fully saturated rings. The molecule has 0 aliphatic carbocycles. The van der Waals surface area contributed by atoms with Crippen LogP contribution in [0.25, 0.3) is 0 Å². The van der Waals surface area contributed by atoms with Crippen LogP contribution in [-0.2, 0) is 6.42 Å². The number of carbonyl (C=O) groups excluding carboxylic acids is 2. The average Bonchev–Trinajstić information content (AvgIpc) is 2.75. The van der Waals surface area contributed by atoms with Gasteiger partial charge in [0.1, 0.15) is 0 Å². The number of hydrogen-bond donors (Lipinski definition) is 2. The van der Waals surface area contributed by atoms with Gasteiger partial charge in [0.05, 0.1) is 11.6 Å². The highest BCUT2D eigenvalue weighted by atomic mass is 16.2. The Morgan fingerprint density at radius 1 is 0.786 bits per heavy atom. The van der Waals surface area contributed by atoms with Crippen LogP contribution in [0.2, 0.25) is 0 Å². The zero-order valence-electron chi connectivity index (χ0n) is 15.2. The van der Waals surface area contributed by atoms with Crippen LogP contribution in [0.4, 0.5) is 5.69 Å². The van der Waals surface area contributed by atoms with E-state index < -0.39 is 0 Å². The summed E-state index contributed by atoms with van der Waals surface area (Å²) in [5, 5.41) is 14.4. The van der Waals surface area contributed by atoms with Gasteiger partial charge in [-0.25, -0.2) is 0 Å². The third-order valence-corrected chi connectivity index (χ3v) is 4.22. The number of benzene rings is 3. The summed E-state index contributed by atoms with van der Waals surface area (Å²) < 4.78 is 0. The van der Waals surface area contributed by atoms with Gasteiger partial charge < -0.3 is 10.6 Å². The van der Waals surface area contributed by atoms with Gasteiger partial charge in [0, 0.05) is 23.4 Å². The van der Waals surface area contributed by atoms with Gasteiger partial charge in [0.25, 0.3) is 11.8 Å². The lowest BCUT2D eigenvalue weighted by Gasteiger charge is -2.08. The lowest BCUT2D eigenvalue weighted by molar-refractivity contribution is 0.0952. The van der Waals surface area contributed by atoms with Gasteiger partial charge in [0.2, 0.25) is 0 Å². The molecule has 5 nitrogen and oxygen atoms in total. The standard InChI is InChI=1S/C23H19N3O2/c24-16-18-6-12-21(13-7-18)26-23(28)20-10-8-19(9-11-20)22(27)25-15-14-17-4-2-1-3-5-17/h1-13H,14-15H2,(H,25,27)(H,26,28). The van der Waals surface area contributed by atoms with E-state index in [0.29, 0.717) is 28.9 Å². The highest BCUT2D eigenvalue weighted by Gasteiger charge is 2.09. The molecule has 138 valence electrons.